The van der Waals surface area contributed by atoms with Crippen molar-refractivity contribution in [1.82, 2.24) is 15.0 Å². The molecule has 0 saturated heterocycles. The molecule has 0 fully saturated rings. The third kappa shape index (κ3) is 0.923. The number of para-hydroxylation sites is 1. The molecule has 3 nitrogen and oxygen atoms in total. The van der Waals surface area contributed by atoms with Crippen LogP contribution in [0.1, 0.15) is 5.82 Å². The van der Waals surface area contributed by atoms with E-state index in [4.69, 9.17) is 0 Å². The molecule has 0 radical (unpaired) electrons. The number of hydrogen-bond acceptors (Lipinski definition) is 2. The van der Waals surface area contributed by atoms with Crippen LogP contribution < -0.4 is 0 Å². The van der Waals surface area contributed by atoms with Gasteiger partial charge in [-0.3, -0.25) is 0 Å². The summed E-state index contributed by atoms with van der Waals surface area (Å²) in [4.78, 5) is 11.8. The molecule has 2 heterocycles. The zero-order valence-corrected chi connectivity index (χ0v) is 7.78. The highest BCUT2D eigenvalue weighted by atomic mass is 14.9. The maximum Gasteiger partial charge on any atom is 0.142 e. The molecule has 1 N–H and O–H groups in total. The maximum absolute atomic E-state index is 4.35. The van der Waals surface area contributed by atoms with Gasteiger partial charge >= 0.3 is 0 Å². The summed E-state index contributed by atoms with van der Waals surface area (Å²) in [5.41, 5.74) is 2.03. The molecule has 0 aliphatic heterocycles. The normalized spacial score (nSPS) is 11.2. The van der Waals surface area contributed by atoms with Crippen molar-refractivity contribution in [1.29, 1.82) is 0 Å². The van der Waals surface area contributed by atoms with E-state index in [1.54, 1.807) is 0 Å². The zero-order valence-electron chi connectivity index (χ0n) is 7.78. The Labute approximate surface area is 80.8 Å². The average molecular weight is 183 g/mol. The molecule has 0 bridgehead atoms. The van der Waals surface area contributed by atoms with Gasteiger partial charge in [-0.1, -0.05) is 18.2 Å². The minimum atomic E-state index is 0.795. The summed E-state index contributed by atoms with van der Waals surface area (Å²) in [6.07, 6.45) is 1.87. The Bertz CT molecular complexity index is 610. The van der Waals surface area contributed by atoms with E-state index in [1.807, 2.05) is 31.3 Å². The minimum Gasteiger partial charge on any atom is -0.339 e. The van der Waals surface area contributed by atoms with E-state index in [0.29, 0.717) is 0 Å². The van der Waals surface area contributed by atoms with Crippen molar-refractivity contribution in [2.24, 2.45) is 0 Å². The summed E-state index contributed by atoms with van der Waals surface area (Å²) in [6.45, 7) is 1.89. The summed E-state index contributed by atoms with van der Waals surface area (Å²) in [5.74, 6) is 0.795. The van der Waals surface area contributed by atoms with Crippen LogP contribution in [0.15, 0.2) is 30.5 Å². The Morgan fingerprint density at radius 3 is 2.93 bits per heavy atom. The number of aromatic nitrogens is 3. The molecule has 2 aromatic heterocycles. The van der Waals surface area contributed by atoms with Gasteiger partial charge in [-0.05, 0) is 13.0 Å². The standard InChI is InChI=1S/C11H9N3/c1-7-12-6-9-8-4-2-3-5-10(8)14-11(9)13-7/h2-6H,1H3,(H,12,13,14). The van der Waals surface area contributed by atoms with Crippen molar-refractivity contribution in [2.75, 3.05) is 0 Å². The summed E-state index contributed by atoms with van der Waals surface area (Å²) in [7, 11) is 0. The second kappa shape index (κ2) is 2.54. The fraction of sp³-hybridized carbons (Fsp3) is 0.0909. The second-order valence-corrected chi connectivity index (χ2v) is 3.35. The fourth-order valence-corrected chi connectivity index (χ4v) is 1.72. The molecular weight excluding hydrogens is 174 g/mol. The lowest BCUT2D eigenvalue weighted by molar-refractivity contribution is 1.08. The van der Waals surface area contributed by atoms with Gasteiger partial charge in [0.1, 0.15) is 11.5 Å². The van der Waals surface area contributed by atoms with E-state index in [1.165, 1.54) is 5.39 Å². The van der Waals surface area contributed by atoms with E-state index in [9.17, 15) is 0 Å². The fourth-order valence-electron chi connectivity index (χ4n) is 1.72. The van der Waals surface area contributed by atoms with Crippen LogP contribution in [0.5, 0.6) is 0 Å². The van der Waals surface area contributed by atoms with Crippen molar-refractivity contribution in [3.63, 3.8) is 0 Å². The van der Waals surface area contributed by atoms with Gasteiger partial charge < -0.3 is 4.98 Å². The van der Waals surface area contributed by atoms with E-state index in [0.717, 1.165) is 22.4 Å². The molecule has 0 aliphatic rings. The Balaban J connectivity index is 2.57. The van der Waals surface area contributed by atoms with Crippen LogP contribution in [0.25, 0.3) is 21.9 Å². The number of fused-ring (bicyclic) bond motifs is 3. The summed E-state index contributed by atoms with van der Waals surface area (Å²) < 4.78 is 0. The van der Waals surface area contributed by atoms with Crippen LogP contribution in [0.4, 0.5) is 0 Å². The number of nitrogens with zero attached hydrogens (tertiary/aromatic N) is 2. The van der Waals surface area contributed by atoms with Crippen LogP contribution in [0.3, 0.4) is 0 Å². The van der Waals surface area contributed by atoms with Gasteiger partial charge in [-0.25, -0.2) is 9.97 Å². The number of hydrogen-bond donors (Lipinski definition) is 1. The largest absolute Gasteiger partial charge is 0.339 e. The minimum absolute atomic E-state index is 0.795. The first-order valence-corrected chi connectivity index (χ1v) is 4.55. The number of aromatic amines is 1. The molecule has 0 spiro atoms. The molecule has 0 amide bonds. The summed E-state index contributed by atoms with van der Waals surface area (Å²) >= 11 is 0. The predicted molar refractivity (Wildman–Crippen MR) is 56.1 cm³/mol. The lowest BCUT2D eigenvalue weighted by Crippen LogP contribution is -1.85. The number of nitrogens with one attached hydrogen (secondary N) is 1. The van der Waals surface area contributed by atoms with Gasteiger partial charge in [0.05, 0.1) is 0 Å². The summed E-state index contributed by atoms with van der Waals surface area (Å²) in [5, 5.41) is 2.27. The highest BCUT2D eigenvalue weighted by molar-refractivity contribution is 6.05. The van der Waals surface area contributed by atoms with Gasteiger partial charge in [0.2, 0.25) is 0 Å². The molecule has 0 aliphatic carbocycles. The Morgan fingerprint density at radius 1 is 1.14 bits per heavy atom. The molecule has 3 aromatic rings. The van der Waals surface area contributed by atoms with Crippen LogP contribution in [0.2, 0.25) is 0 Å². The van der Waals surface area contributed by atoms with E-state index < -0.39 is 0 Å². The molecular formula is C11H9N3. The molecule has 1 aromatic carbocycles. The predicted octanol–water partition coefficient (Wildman–Crippen LogP) is 2.42. The van der Waals surface area contributed by atoms with Gasteiger partial charge in [0, 0.05) is 22.5 Å². The SMILES string of the molecule is Cc1ncc2c(n1)[nH]c1ccccc12. The molecule has 3 rings (SSSR count). The first-order chi connectivity index (χ1) is 6.84. The molecule has 0 atom stereocenters. The van der Waals surface area contributed by atoms with E-state index in [-0.39, 0.29) is 0 Å². The van der Waals surface area contributed by atoms with Crippen LogP contribution in [-0.4, -0.2) is 15.0 Å². The van der Waals surface area contributed by atoms with Crippen LogP contribution in [0, 0.1) is 6.92 Å². The van der Waals surface area contributed by atoms with Gasteiger partial charge in [-0.15, -0.1) is 0 Å². The maximum atomic E-state index is 4.35. The molecule has 3 heteroatoms. The van der Waals surface area contributed by atoms with Crippen LogP contribution in [-0.2, 0) is 0 Å². The molecule has 0 unspecified atom stereocenters. The van der Waals surface area contributed by atoms with Crippen molar-refractivity contribution >= 4 is 21.9 Å². The third-order valence-electron chi connectivity index (χ3n) is 2.38. The van der Waals surface area contributed by atoms with Crippen molar-refractivity contribution in [3.8, 4) is 0 Å². The third-order valence-corrected chi connectivity index (χ3v) is 2.38. The van der Waals surface area contributed by atoms with Gasteiger partial charge in [0.15, 0.2) is 0 Å². The molecule has 68 valence electrons. The summed E-state index contributed by atoms with van der Waals surface area (Å²) in [6, 6.07) is 8.16. The lowest BCUT2D eigenvalue weighted by atomic mass is 10.2. The Hall–Kier alpha value is -1.90. The quantitative estimate of drug-likeness (QED) is 0.581. The van der Waals surface area contributed by atoms with Gasteiger partial charge in [0.25, 0.3) is 0 Å². The first kappa shape index (κ1) is 7.50. The molecule has 0 saturated carbocycles. The molecule has 14 heavy (non-hydrogen) atoms. The average Bonchev–Trinajstić information content (AvgIpc) is 2.54. The topological polar surface area (TPSA) is 41.6 Å². The number of benzene rings is 1. The Morgan fingerprint density at radius 2 is 2.00 bits per heavy atom. The number of rotatable bonds is 0. The lowest BCUT2D eigenvalue weighted by Gasteiger charge is -1.90. The number of H-pyrrole nitrogens is 1. The highest BCUT2D eigenvalue weighted by Crippen LogP contribution is 2.22. The smallest absolute Gasteiger partial charge is 0.142 e. The van der Waals surface area contributed by atoms with Gasteiger partial charge in [-0.2, -0.15) is 0 Å². The zero-order chi connectivity index (χ0) is 9.54. The first-order valence-electron chi connectivity index (χ1n) is 4.55. The van der Waals surface area contributed by atoms with E-state index in [2.05, 4.69) is 21.0 Å². The van der Waals surface area contributed by atoms with Crippen LogP contribution >= 0.6 is 0 Å². The second-order valence-electron chi connectivity index (χ2n) is 3.35. The van der Waals surface area contributed by atoms with E-state index >= 15 is 0 Å². The van der Waals surface area contributed by atoms with Crippen molar-refractivity contribution < 1.29 is 0 Å². The van der Waals surface area contributed by atoms with Crippen molar-refractivity contribution in [3.05, 3.63) is 36.3 Å². The Kier molecular flexibility index (Phi) is 1.36. The monoisotopic (exact) mass is 183 g/mol. The number of aryl methyl sites for hydroxylation is 1. The van der Waals surface area contributed by atoms with Crippen molar-refractivity contribution in [2.45, 2.75) is 6.92 Å². The highest BCUT2D eigenvalue weighted by Gasteiger charge is 2.04.